The van der Waals surface area contributed by atoms with E-state index in [0.717, 1.165) is 25.9 Å². The van der Waals surface area contributed by atoms with Crippen LogP contribution in [0.4, 0.5) is 0 Å². The highest BCUT2D eigenvalue weighted by molar-refractivity contribution is 5.93. The normalized spacial score (nSPS) is 20.8. The van der Waals surface area contributed by atoms with E-state index in [4.69, 9.17) is 5.73 Å². The Bertz CT molecular complexity index is 354. The van der Waals surface area contributed by atoms with Crippen molar-refractivity contribution in [3.8, 4) is 0 Å². The Morgan fingerprint density at radius 2 is 2.44 bits per heavy atom. The molecule has 2 N–H and O–H groups in total. The quantitative estimate of drug-likeness (QED) is 0.777. The number of piperidine rings is 1. The van der Waals surface area contributed by atoms with E-state index in [0.29, 0.717) is 18.0 Å². The molecule has 1 aliphatic rings. The van der Waals surface area contributed by atoms with Crippen molar-refractivity contribution in [2.75, 3.05) is 19.6 Å². The number of rotatable bonds is 2. The van der Waals surface area contributed by atoms with Crippen molar-refractivity contribution >= 4 is 5.91 Å². The van der Waals surface area contributed by atoms with E-state index in [2.05, 4.69) is 10.2 Å². The van der Waals surface area contributed by atoms with E-state index >= 15 is 0 Å². The van der Waals surface area contributed by atoms with Crippen LogP contribution in [0.25, 0.3) is 0 Å². The number of likely N-dealkylation sites (tertiary alicyclic amines) is 1. The van der Waals surface area contributed by atoms with Crippen molar-refractivity contribution in [1.82, 2.24) is 15.1 Å². The molecule has 0 saturated carbocycles. The monoisotopic (exact) mass is 220 g/mol. The van der Waals surface area contributed by atoms with Gasteiger partial charge < -0.3 is 10.6 Å². The minimum absolute atomic E-state index is 0.0352. The van der Waals surface area contributed by atoms with Gasteiger partial charge in [-0.1, -0.05) is 0 Å². The molecule has 86 valence electrons. The molecule has 2 heterocycles. The second-order valence-electron chi connectivity index (χ2n) is 4.13. The maximum absolute atomic E-state index is 12.1. The van der Waals surface area contributed by atoms with Gasteiger partial charge in [-0.3, -0.25) is 4.79 Å². The number of hydrogen-bond acceptors (Lipinski definition) is 4. The lowest BCUT2D eigenvalue weighted by Gasteiger charge is -2.32. The fourth-order valence-corrected chi connectivity index (χ4v) is 2.04. The number of nitrogens with two attached hydrogens (primary N) is 1. The van der Waals surface area contributed by atoms with Gasteiger partial charge in [-0.25, -0.2) is 0 Å². The third-order valence-corrected chi connectivity index (χ3v) is 2.97. The van der Waals surface area contributed by atoms with Crippen LogP contribution in [0.5, 0.6) is 0 Å². The van der Waals surface area contributed by atoms with E-state index in [-0.39, 0.29) is 5.91 Å². The molecule has 0 radical (unpaired) electrons. The average Bonchev–Trinajstić information content (AvgIpc) is 2.39. The highest BCUT2D eigenvalue weighted by Gasteiger charge is 2.23. The van der Waals surface area contributed by atoms with Crippen molar-refractivity contribution in [2.45, 2.75) is 12.8 Å². The highest BCUT2D eigenvalue weighted by atomic mass is 16.2. The van der Waals surface area contributed by atoms with Gasteiger partial charge in [0.2, 0.25) is 0 Å². The summed E-state index contributed by atoms with van der Waals surface area (Å²) in [6.45, 7) is 2.23. The summed E-state index contributed by atoms with van der Waals surface area (Å²) in [5.41, 5.74) is 6.25. The number of carbonyl (C=O) groups excluding carboxylic acids is 1. The Morgan fingerprint density at radius 1 is 1.56 bits per heavy atom. The lowest BCUT2D eigenvalue weighted by Crippen LogP contribution is -2.42. The lowest BCUT2D eigenvalue weighted by atomic mass is 9.98. The van der Waals surface area contributed by atoms with Gasteiger partial charge in [-0.05, 0) is 31.4 Å². The molecule has 1 amide bonds. The Kier molecular flexibility index (Phi) is 3.46. The van der Waals surface area contributed by atoms with Crippen LogP contribution in [0, 0.1) is 5.92 Å². The topological polar surface area (TPSA) is 72.1 Å². The number of nitrogens with zero attached hydrogens (tertiary/aromatic N) is 3. The molecule has 16 heavy (non-hydrogen) atoms. The zero-order valence-corrected chi connectivity index (χ0v) is 9.17. The van der Waals surface area contributed by atoms with Gasteiger partial charge in [-0.2, -0.15) is 10.2 Å². The van der Waals surface area contributed by atoms with Crippen molar-refractivity contribution < 1.29 is 4.79 Å². The van der Waals surface area contributed by atoms with E-state index in [9.17, 15) is 4.79 Å². The lowest BCUT2D eigenvalue weighted by molar-refractivity contribution is 0.0677. The first-order valence-corrected chi connectivity index (χ1v) is 5.57. The Labute approximate surface area is 94.6 Å². The number of aromatic nitrogens is 2. The Balaban J connectivity index is 2.05. The average molecular weight is 220 g/mol. The summed E-state index contributed by atoms with van der Waals surface area (Å²) in [6, 6.07) is 1.70. The first-order valence-electron chi connectivity index (χ1n) is 5.57. The van der Waals surface area contributed by atoms with Crippen molar-refractivity contribution in [1.29, 1.82) is 0 Å². The molecule has 5 nitrogen and oxygen atoms in total. The summed E-state index contributed by atoms with van der Waals surface area (Å²) in [7, 11) is 0. The second kappa shape index (κ2) is 5.03. The van der Waals surface area contributed by atoms with Crippen LogP contribution >= 0.6 is 0 Å². The van der Waals surface area contributed by atoms with Gasteiger partial charge >= 0.3 is 0 Å². The molecule has 2 rings (SSSR count). The molecular formula is C11H16N4O. The molecule has 1 atom stereocenters. The van der Waals surface area contributed by atoms with Crippen LogP contribution in [-0.2, 0) is 0 Å². The molecule has 0 aromatic carbocycles. The molecule has 0 spiro atoms. The summed E-state index contributed by atoms with van der Waals surface area (Å²) < 4.78 is 0. The van der Waals surface area contributed by atoms with Crippen LogP contribution in [0.15, 0.2) is 18.5 Å². The van der Waals surface area contributed by atoms with E-state index < -0.39 is 0 Å². The maximum Gasteiger partial charge on any atom is 0.255 e. The fraction of sp³-hybridized carbons (Fsp3) is 0.545. The first kappa shape index (κ1) is 11.0. The zero-order valence-electron chi connectivity index (χ0n) is 9.17. The molecular weight excluding hydrogens is 204 g/mol. The van der Waals surface area contributed by atoms with Crippen LogP contribution in [0.3, 0.4) is 0 Å². The Morgan fingerprint density at radius 3 is 3.12 bits per heavy atom. The van der Waals surface area contributed by atoms with Gasteiger partial charge in [0.05, 0.1) is 18.0 Å². The van der Waals surface area contributed by atoms with Crippen molar-refractivity contribution in [2.24, 2.45) is 11.7 Å². The summed E-state index contributed by atoms with van der Waals surface area (Å²) in [5.74, 6) is 0.473. The third-order valence-electron chi connectivity index (χ3n) is 2.97. The number of amides is 1. The zero-order chi connectivity index (χ0) is 11.4. The van der Waals surface area contributed by atoms with Crippen LogP contribution in [0.2, 0.25) is 0 Å². The van der Waals surface area contributed by atoms with E-state index in [1.54, 1.807) is 6.07 Å². The standard InChI is InChI=1S/C11H16N4O/c12-6-9-2-1-5-15(8-9)11(16)10-3-4-13-14-7-10/h3-4,7,9H,1-2,5-6,8,12H2. The van der Waals surface area contributed by atoms with E-state index in [1.165, 1.54) is 12.4 Å². The molecule has 1 unspecified atom stereocenters. The SMILES string of the molecule is NCC1CCCN(C(=O)c2ccnnc2)C1. The summed E-state index contributed by atoms with van der Waals surface area (Å²) in [5, 5.41) is 7.38. The Hall–Kier alpha value is -1.49. The van der Waals surface area contributed by atoms with Gasteiger partial charge in [0.15, 0.2) is 0 Å². The minimum atomic E-state index is 0.0352. The van der Waals surface area contributed by atoms with Gasteiger partial charge in [0, 0.05) is 13.1 Å². The highest BCUT2D eigenvalue weighted by Crippen LogP contribution is 2.17. The smallest absolute Gasteiger partial charge is 0.255 e. The summed E-state index contributed by atoms with van der Waals surface area (Å²) in [6.07, 6.45) is 5.20. The van der Waals surface area contributed by atoms with Gasteiger partial charge in [-0.15, -0.1) is 0 Å². The van der Waals surface area contributed by atoms with Crippen molar-refractivity contribution in [3.63, 3.8) is 0 Å². The molecule has 5 heteroatoms. The number of carbonyl (C=O) groups is 1. The third kappa shape index (κ3) is 2.36. The van der Waals surface area contributed by atoms with Crippen molar-refractivity contribution in [3.05, 3.63) is 24.0 Å². The largest absolute Gasteiger partial charge is 0.338 e. The molecule has 0 aliphatic carbocycles. The summed E-state index contributed by atoms with van der Waals surface area (Å²) >= 11 is 0. The van der Waals surface area contributed by atoms with E-state index in [1.807, 2.05) is 4.90 Å². The summed E-state index contributed by atoms with van der Waals surface area (Å²) in [4.78, 5) is 13.9. The number of hydrogen-bond donors (Lipinski definition) is 1. The molecule has 1 saturated heterocycles. The predicted molar refractivity (Wildman–Crippen MR) is 59.7 cm³/mol. The predicted octanol–water partition coefficient (Wildman–Crippen LogP) is 0.287. The first-order chi connectivity index (χ1) is 7.81. The van der Waals surface area contributed by atoms with Gasteiger partial charge in [0.1, 0.15) is 0 Å². The minimum Gasteiger partial charge on any atom is -0.338 e. The molecule has 1 aromatic heterocycles. The molecule has 1 aromatic rings. The molecule has 0 bridgehead atoms. The maximum atomic E-state index is 12.1. The van der Waals surface area contributed by atoms with Gasteiger partial charge in [0.25, 0.3) is 5.91 Å². The van der Waals surface area contributed by atoms with Crippen LogP contribution in [-0.4, -0.2) is 40.6 Å². The van der Waals surface area contributed by atoms with Crippen LogP contribution in [0.1, 0.15) is 23.2 Å². The molecule has 1 aliphatic heterocycles. The second-order valence-corrected chi connectivity index (χ2v) is 4.13. The van der Waals surface area contributed by atoms with Crippen LogP contribution < -0.4 is 5.73 Å². The fourth-order valence-electron chi connectivity index (χ4n) is 2.04. The molecule has 1 fully saturated rings.